The van der Waals surface area contributed by atoms with Crippen LogP contribution in [0, 0.1) is 40.5 Å². The molecule has 0 aromatic heterocycles. The number of nitrogens with two attached hydrogens (primary N) is 1. The Morgan fingerprint density at radius 3 is 1.32 bits per heavy atom. The van der Waals surface area contributed by atoms with Crippen molar-refractivity contribution in [1.29, 1.82) is 0 Å². The summed E-state index contributed by atoms with van der Waals surface area (Å²) in [4.78, 5) is 36.6. The topological polar surface area (TPSA) is 199 Å². The summed E-state index contributed by atoms with van der Waals surface area (Å²) in [6.07, 6.45) is 0. The summed E-state index contributed by atoms with van der Waals surface area (Å²) in [7, 11) is 0. The van der Waals surface area contributed by atoms with Gasteiger partial charge in [-0.25, -0.2) is 10.1 Å². The molecule has 19 heavy (non-hydrogen) atoms. The number of rotatable bonds is 3. The lowest BCUT2D eigenvalue weighted by Crippen LogP contribution is -2.04. The van der Waals surface area contributed by atoms with Gasteiger partial charge >= 0.3 is 17.1 Å². The van der Waals surface area contributed by atoms with E-state index in [4.69, 9.17) is 10.1 Å². The van der Waals surface area contributed by atoms with E-state index in [0.717, 1.165) is 18.2 Å². The largest absolute Gasteiger partial charge is 0.422 e. The molecule has 0 fully saturated rings. The molecule has 2 N–H and O–H groups in total. The fraction of sp³-hybridized carbons (Fsp3) is 0. The Morgan fingerprint density at radius 2 is 1.11 bits per heavy atom. The third-order valence-electron chi connectivity index (χ3n) is 1.57. The molecule has 0 saturated carbocycles. The molecule has 1 rings (SSSR count). The lowest BCUT2D eigenvalue weighted by molar-refractivity contribution is -0.491. The highest BCUT2D eigenvalue weighted by atomic mass is 16.7. The smallest absolute Gasteiger partial charge is 0.258 e. The van der Waals surface area contributed by atoms with Crippen molar-refractivity contribution in [2.75, 3.05) is 0 Å². The molecule has 0 aliphatic carbocycles. The van der Waals surface area contributed by atoms with Gasteiger partial charge in [0, 0.05) is 12.1 Å². The molecule has 1 aromatic rings. The van der Waals surface area contributed by atoms with Crippen molar-refractivity contribution < 1.29 is 19.8 Å². The molecule has 0 aliphatic heterocycles. The van der Waals surface area contributed by atoms with Crippen molar-refractivity contribution in [3.05, 3.63) is 58.7 Å². The molecule has 0 unspecified atom stereocenters. The normalized spacial score (nSPS) is 8.84. The molecule has 13 nitrogen and oxygen atoms in total. The molecule has 0 radical (unpaired) electrons. The third-order valence-corrected chi connectivity index (χ3v) is 1.57. The molecule has 1 aromatic carbocycles. The van der Waals surface area contributed by atoms with Crippen LogP contribution in [0.15, 0.2) is 18.2 Å². The monoisotopic (exact) mass is 275 g/mol. The van der Waals surface area contributed by atoms with Crippen molar-refractivity contribution in [2.45, 2.75) is 0 Å². The average Bonchev–Trinajstić information content (AvgIpc) is 2.26. The molecule has 102 valence electrons. The number of hydrazine groups is 1. The van der Waals surface area contributed by atoms with E-state index in [1.807, 2.05) is 0 Å². The second-order valence-corrected chi connectivity index (χ2v) is 2.70. The van der Waals surface area contributed by atoms with Gasteiger partial charge in [0.1, 0.15) is 0 Å². The van der Waals surface area contributed by atoms with Gasteiger partial charge in [0.15, 0.2) is 5.03 Å². The van der Waals surface area contributed by atoms with Gasteiger partial charge in [-0.1, -0.05) is 0 Å². The van der Waals surface area contributed by atoms with Crippen molar-refractivity contribution in [1.82, 2.24) is 0 Å². The third kappa shape index (κ3) is 4.55. The number of hydrogen-bond acceptors (Lipinski definition) is 8. The Bertz CT molecular complexity index is 506. The maximum Gasteiger partial charge on any atom is 0.422 e. The molecule has 0 amide bonds. The van der Waals surface area contributed by atoms with Gasteiger partial charge in [0.25, 0.3) is 0 Å². The second kappa shape index (κ2) is 6.38. The van der Waals surface area contributed by atoms with Crippen molar-refractivity contribution >= 4 is 17.1 Å². The maximum atomic E-state index is 10.4. The highest BCUT2D eigenvalue weighted by Crippen LogP contribution is 2.35. The number of nitro benzene ring substituents is 3. The van der Waals surface area contributed by atoms with E-state index in [9.17, 15) is 30.3 Å². The molecular formula is C6H5N5O8. The lowest BCUT2D eigenvalue weighted by Gasteiger charge is -1.95. The zero-order chi connectivity index (χ0) is 15.2. The van der Waals surface area contributed by atoms with Crippen LogP contribution < -0.4 is 5.84 Å². The van der Waals surface area contributed by atoms with Crippen LogP contribution in [-0.2, 0) is 0 Å². The number of nitro groups is 4. The zero-order valence-electron chi connectivity index (χ0n) is 8.86. The van der Waals surface area contributed by atoms with Crippen LogP contribution in [0.2, 0.25) is 0 Å². The van der Waals surface area contributed by atoms with E-state index in [-0.39, 0.29) is 0 Å². The standard InChI is InChI=1S/C6H3N3O6.H2N2O2/c10-7(11)4-2-1-3-5(8(12)13)6(4)9(14)15;1-2(3)4/h1-3H;1H2. The van der Waals surface area contributed by atoms with Crippen LogP contribution in [-0.4, -0.2) is 19.8 Å². The van der Waals surface area contributed by atoms with E-state index in [1.165, 1.54) is 0 Å². The highest BCUT2D eigenvalue weighted by molar-refractivity contribution is 5.65. The van der Waals surface area contributed by atoms with Crippen molar-refractivity contribution in [2.24, 2.45) is 5.84 Å². The minimum absolute atomic E-state index is 0.838. The van der Waals surface area contributed by atoms with E-state index in [1.54, 1.807) is 0 Å². The summed E-state index contributed by atoms with van der Waals surface area (Å²) in [5.74, 6) is 3.83. The van der Waals surface area contributed by atoms with Crippen LogP contribution in [0.1, 0.15) is 0 Å². The van der Waals surface area contributed by atoms with Gasteiger partial charge in [-0.05, 0) is 6.07 Å². The van der Waals surface area contributed by atoms with E-state index in [2.05, 4.69) is 5.84 Å². The van der Waals surface area contributed by atoms with Gasteiger partial charge in [-0.3, -0.25) is 30.3 Å². The fourth-order valence-electron chi connectivity index (χ4n) is 1.00. The van der Waals surface area contributed by atoms with Crippen molar-refractivity contribution in [3.63, 3.8) is 0 Å². The van der Waals surface area contributed by atoms with Crippen LogP contribution >= 0.6 is 0 Å². The summed E-state index contributed by atoms with van der Waals surface area (Å²) < 4.78 is 0. The first-order valence-corrected chi connectivity index (χ1v) is 4.13. The fourth-order valence-corrected chi connectivity index (χ4v) is 1.00. The predicted octanol–water partition coefficient (Wildman–Crippen LogP) is 0.548. The van der Waals surface area contributed by atoms with Gasteiger partial charge in [0.2, 0.25) is 0 Å². The minimum Gasteiger partial charge on any atom is -0.258 e. The van der Waals surface area contributed by atoms with Gasteiger partial charge in [0.05, 0.1) is 14.8 Å². The highest BCUT2D eigenvalue weighted by Gasteiger charge is 2.34. The zero-order valence-corrected chi connectivity index (χ0v) is 8.86. The molecule has 0 saturated heterocycles. The molecule has 13 heteroatoms. The summed E-state index contributed by atoms with van der Waals surface area (Å²) in [5, 5.41) is 38.8. The van der Waals surface area contributed by atoms with Crippen LogP contribution in [0.4, 0.5) is 17.1 Å². The van der Waals surface area contributed by atoms with Gasteiger partial charge in [-0.2, -0.15) is 5.84 Å². The van der Waals surface area contributed by atoms with E-state index < -0.39 is 36.9 Å². The molecule has 0 heterocycles. The molecule has 0 atom stereocenters. The Labute approximate surface area is 102 Å². The minimum atomic E-state index is -1.14. The quantitative estimate of drug-likeness (QED) is 0.464. The number of hydrogen-bond donors (Lipinski definition) is 1. The summed E-state index contributed by atoms with van der Waals surface area (Å²) >= 11 is 0. The second-order valence-electron chi connectivity index (χ2n) is 2.70. The first-order chi connectivity index (χ1) is 8.68. The van der Waals surface area contributed by atoms with Crippen LogP contribution in [0.3, 0.4) is 0 Å². The van der Waals surface area contributed by atoms with Crippen LogP contribution in [0.25, 0.3) is 0 Å². The molecule has 0 spiro atoms. The first kappa shape index (κ1) is 15.6. The van der Waals surface area contributed by atoms with Crippen LogP contribution in [0.5, 0.6) is 0 Å². The Balaban J connectivity index is 0.000000711. The SMILES string of the molecule is N[N+](=O)[O-].O=[N+]([O-])c1cccc([N+](=O)[O-])c1[N+](=O)[O-]. The Morgan fingerprint density at radius 1 is 0.789 bits per heavy atom. The van der Waals surface area contributed by atoms with E-state index >= 15 is 0 Å². The van der Waals surface area contributed by atoms with Gasteiger partial charge < -0.3 is 0 Å². The molecule has 0 bridgehead atoms. The Kier molecular flexibility index (Phi) is 5.24. The van der Waals surface area contributed by atoms with Gasteiger partial charge in [-0.15, -0.1) is 0 Å². The Hall–Kier alpha value is -3.38. The lowest BCUT2D eigenvalue weighted by atomic mass is 10.2. The summed E-state index contributed by atoms with van der Waals surface area (Å²) in [6.45, 7) is 0. The first-order valence-electron chi connectivity index (χ1n) is 4.13. The summed E-state index contributed by atoms with van der Waals surface area (Å²) in [5.41, 5.74) is -2.89. The number of para-hydroxylation sites is 1. The van der Waals surface area contributed by atoms with E-state index in [0.29, 0.717) is 0 Å². The number of benzene rings is 1. The maximum absolute atomic E-state index is 10.4. The number of nitrogens with zero attached hydrogens (tertiary/aromatic N) is 4. The van der Waals surface area contributed by atoms with Crippen molar-refractivity contribution in [3.8, 4) is 0 Å². The predicted molar refractivity (Wildman–Crippen MR) is 57.6 cm³/mol. The average molecular weight is 275 g/mol. The summed E-state index contributed by atoms with van der Waals surface area (Å²) in [6, 6.07) is 2.69. The molecule has 0 aliphatic rings. The molecular weight excluding hydrogens is 270 g/mol.